The van der Waals surface area contributed by atoms with Gasteiger partial charge in [-0.3, -0.25) is 4.79 Å². The van der Waals surface area contributed by atoms with Crippen LogP contribution in [0.2, 0.25) is 0 Å². The van der Waals surface area contributed by atoms with Gasteiger partial charge in [0, 0.05) is 24.9 Å². The topological polar surface area (TPSA) is 23.6 Å². The second-order valence-electron chi connectivity index (χ2n) is 5.42. The van der Waals surface area contributed by atoms with E-state index < -0.39 is 0 Å². The summed E-state index contributed by atoms with van der Waals surface area (Å²) < 4.78 is 0. The maximum atomic E-state index is 11.9. The highest BCUT2D eigenvalue weighted by atomic mass is 16.1. The third-order valence-corrected chi connectivity index (χ3v) is 3.52. The number of rotatable bonds is 5. The molecule has 0 spiro atoms. The molecule has 1 heterocycles. The van der Waals surface area contributed by atoms with E-state index in [1.54, 1.807) is 0 Å². The zero-order valence-corrected chi connectivity index (χ0v) is 11.2. The minimum absolute atomic E-state index is 0.329. The highest BCUT2D eigenvalue weighted by Crippen LogP contribution is 2.20. The van der Waals surface area contributed by atoms with Crippen molar-refractivity contribution in [3.05, 3.63) is 0 Å². The molecule has 0 atom stereocenters. The number of ketones is 1. The summed E-state index contributed by atoms with van der Waals surface area (Å²) in [4.78, 5) is 16.5. The van der Waals surface area contributed by atoms with Crippen molar-refractivity contribution in [3.8, 4) is 0 Å². The van der Waals surface area contributed by atoms with Gasteiger partial charge in [0.2, 0.25) is 0 Å². The Morgan fingerprint density at radius 1 is 1.31 bits per heavy atom. The predicted molar refractivity (Wildman–Crippen MR) is 67.6 cm³/mol. The summed E-state index contributed by atoms with van der Waals surface area (Å²) in [5.41, 5.74) is 0. The van der Waals surface area contributed by atoms with Gasteiger partial charge in [-0.1, -0.05) is 0 Å². The molecular formula is C13H26N2O. The molecule has 94 valence electrons. The molecule has 0 aromatic rings. The van der Waals surface area contributed by atoms with Crippen LogP contribution in [-0.2, 0) is 4.79 Å². The van der Waals surface area contributed by atoms with Crippen molar-refractivity contribution in [3.63, 3.8) is 0 Å². The third kappa shape index (κ3) is 4.22. The fourth-order valence-corrected chi connectivity index (χ4v) is 2.28. The molecule has 3 heteroatoms. The average Bonchev–Trinajstić information content (AvgIpc) is 2.26. The molecule has 0 amide bonds. The maximum Gasteiger partial charge on any atom is 0.137 e. The molecule has 16 heavy (non-hydrogen) atoms. The van der Waals surface area contributed by atoms with Crippen molar-refractivity contribution in [2.45, 2.75) is 39.2 Å². The zero-order chi connectivity index (χ0) is 12.1. The fourth-order valence-electron chi connectivity index (χ4n) is 2.28. The standard InChI is InChI=1S/C13H26N2O/c1-11(2)15-9-5-12(6-10-15)13(16)7-8-14(3)4/h11-12H,5-10H2,1-4H3. The Hall–Kier alpha value is -0.410. The molecule has 1 aliphatic heterocycles. The molecule has 0 aliphatic carbocycles. The van der Waals surface area contributed by atoms with E-state index in [0.717, 1.165) is 38.9 Å². The van der Waals surface area contributed by atoms with Gasteiger partial charge in [-0.05, 0) is 53.9 Å². The first-order chi connectivity index (χ1) is 7.50. The molecule has 3 nitrogen and oxygen atoms in total. The Morgan fingerprint density at radius 2 is 1.88 bits per heavy atom. The lowest BCUT2D eigenvalue weighted by Gasteiger charge is -2.34. The number of Topliss-reactive ketones (excluding diaryl/α,β-unsaturated/α-hetero) is 1. The Bertz CT molecular complexity index is 218. The molecule has 1 saturated heterocycles. The second-order valence-corrected chi connectivity index (χ2v) is 5.42. The lowest BCUT2D eigenvalue weighted by Crippen LogP contribution is -2.40. The van der Waals surface area contributed by atoms with E-state index in [-0.39, 0.29) is 0 Å². The first-order valence-corrected chi connectivity index (χ1v) is 6.42. The highest BCUT2D eigenvalue weighted by Gasteiger charge is 2.25. The fraction of sp³-hybridized carbons (Fsp3) is 0.923. The number of hydrogen-bond donors (Lipinski definition) is 0. The maximum absolute atomic E-state index is 11.9. The summed E-state index contributed by atoms with van der Waals surface area (Å²) in [6, 6.07) is 0.623. The van der Waals surface area contributed by atoms with Crippen molar-refractivity contribution in [2.24, 2.45) is 5.92 Å². The molecule has 1 fully saturated rings. The normalized spacial score (nSPS) is 19.6. The number of hydrogen-bond acceptors (Lipinski definition) is 3. The molecule has 0 bridgehead atoms. The van der Waals surface area contributed by atoms with Crippen molar-refractivity contribution >= 4 is 5.78 Å². The first kappa shape index (κ1) is 13.7. The Morgan fingerprint density at radius 3 is 2.31 bits per heavy atom. The van der Waals surface area contributed by atoms with E-state index in [4.69, 9.17) is 0 Å². The molecule has 0 aromatic carbocycles. The largest absolute Gasteiger partial charge is 0.309 e. The number of nitrogens with zero attached hydrogens (tertiary/aromatic N) is 2. The molecule has 0 radical (unpaired) electrons. The molecular weight excluding hydrogens is 200 g/mol. The van der Waals surface area contributed by atoms with E-state index in [1.807, 2.05) is 14.1 Å². The van der Waals surface area contributed by atoms with E-state index in [0.29, 0.717) is 17.7 Å². The Labute approximate surface area is 99.8 Å². The lowest BCUT2D eigenvalue weighted by atomic mass is 9.90. The third-order valence-electron chi connectivity index (χ3n) is 3.52. The van der Waals surface area contributed by atoms with Gasteiger partial charge >= 0.3 is 0 Å². The van der Waals surface area contributed by atoms with Crippen LogP contribution >= 0.6 is 0 Å². The van der Waals surface area contributed by atoms with Crippen LogP contribution in [0.1, 0.15) is 33.1 Å². The molecule has 1 rings (SSSR count). The summed E-state index contributed by atoms with van der Waals surface area (Å²) in [6.45, 7) is 7.54. The number of carbonyl (C=O) groups is 1. The van der Waals surface area contributed by atoms with Crippen LogP contribution in [-0.4, -0.2) is 55.4 Å². The number of carbonyl (C=O) groups excluding carboxylic acids is 1. The summed E-state index contributed by atoms with van der Waals surface area (Å²) in [7, 11) is 4.04. The first-order valence-electron chi connectivity index (χ1n) is 6.42. The van der Waals surface area contributed by atoms with Gasteiger partial charge in [0.1, 0.15) is 5.78 Å². The summed E-state index contributed by atoms with van der Waals surface area (Å²) >= 11 is 0. The van der Waals surface area contributed by atoms with Gasteiger partial charge in [-0.15, -0.1) is 0 Å². The van der Waals surface area contributed by atoms with E-state index in [2.05, 4.69) is 23.6 Å². The van der Waals surface area contributed by atoms with Crippen molar-refractivity contribution in [1.29, 1.82) is 0 Å². The zero-order valence-electron chi connectivity index (χ0n) is 11.2. The van der Waals surface area contributed by atoms with Gasteiger partial charge in [-0.25, -0.2) is 0 Å². The number of piperidine rings is 1. The van der Waals surface area contributed by atoms with Crippen LogP contribution in [0.3, 0.4) is 0 Å². The summed E-state index contributed by atoms with van der Waals surface area (Å²) in [6.07, 6.45) is 2.84. The predicted octanol–water partition coefficient (Wildman–Crippen LogP) is 1.63. The second kappa shape index (κ2) is 6.36. The molecule has 0 unspecified atom stereocenters. The monoisotopic (exact) mass is 226 g/mol. The highest BCUT2D eigenvalue weighted by molar-refractivity contribution is 5.81. The average molecular weight is 226 g/mol. The Kier molecular flexibility index (Phi) is 5.42. The number of likely N-dealkylation sites (tertiary alicyclic amines) is 1. The van der Waals surface area contributed by atoms with E-state index >= 15 is 0 Å². The molecule has 0 saturated carbocycles. The Balaban J connectivity index is 2.27. The van der Waals surface area contributed by atoms with Crippen molar-refractivity contribution < 1.29 is 4.79 Å². The quantitative estimate of drug-likeness (QED) is 0.712. The smallest absolute Gasteiger partial charge is 0.137 e. The van der Waals surface area contributed by atoms with E-state index in [1.165, 1.54) is 0 Å². The molecule has 0 aromatic heterocycles. The minimum atomic E-state index is 0.329. The van der Waals surface area contributed by atoms with Crippen LogP contribution in [0.4, 0.5) is 0 Å². The summed E-state index contributed by atoms with van der Waals surface area (Å²) in [5.74, 6) is 0.798. The van der Waals surface area contributed by atoms with Gasteiger partial charge in [-0.2, -0.15) is 0 Å². The van der Waals surface area contributed by atoms with Gasteiger partial charge < -0.3 is 9.80 Å². The van der Waals surface area contributed by atoms with E-state index in [9.17, 15) is 4.79 Å². The van der Waals surface area contributed by atoms with Crippen LogP contribution in [0.5, 0.6) is 0 Å². The van der Waals surface area contributed by atoms with Crippen LogP contribution in [0.15, 0.2) is 0 Å². The molecule has 0 N–H and O–H groups in total. The SMILES string of the molecule is CC(C)N1CCC(C(=O)CCN(C)C)CC1. The van der Waals surface area contributed by atoms with Gasteiger partial charge in [0.25, 0.3) is 0 Å². The van der Waals surface area contributed by atoms with Crippen LogP contribution in [0.25, 0.3) is 0 Å². The van der Waals surface area contributed by atoms with Crippen LogP contribution < -0.4 is 0 Å². The van der Waals surface area contributed by atoms with Gasteiger partial charge in [0.05, 0.1) is 0 Å². The molecule has 1 aliphatic rings. The summed E-state index contributed by atoms with van der Waals surface area (Å²) in [5, 5.41) is 0. The minimum Gasteiger partial charge on any atom is -0.309 e. The van der Waals surface area contributed by atoms with Crippen molar-refractivity contribution in [1.82, 2.24) is 9.80 Å². The lowest BCUT2D eigenvalue weighted by molar-refractivity contribution is -0.124. The van der Waals surface area contributed by atoms with Crippen LogP contribution in [0, 0.1) is 5.92 Å². The van der Waals surface area contributed by atoms with Crippen molar-refractivity contribution in [2.75, 3.05) is 33.7 Å². The van der Waals surface area contributed by atoms with Gasteiger partial charge in [0.15, 0.2) is 0 Å².